The minimum absolute atomic E-state index is 0.0307. The third kappa shape index (κ3) is 5.67. The third-order valence-electron chi connectivity index (χ3n) is 5.25. The minimum Gasteiger partial charge on any atom is -0.337 e. The van der Waals surface area contributed by atoms with Gasteiger partial charge >= 0.3 is 0 Å². The van der Waals surface area contributed by atoms with Gasteiger partial charge in [-0.3, -0.25) is 14.5 Å². The first kappa shape index (κ1) is 20.1. The smallest absolute Gasteiger partial charge is 0.253 e. The van der Waals surface area contributed by atoms with E-state index in [2.05, 4.69) is 17.1 Å². The maximum atomic E-state index is 12.7. The molecule has 1 heterocycles. The Morgan fingerprint density at radius 3 is 2.50 bits per heavy atom. The van der Waals surface area contributed by atoms with Crippen molar-refractivity contribution in [3.05, 3.63) is 65.7 Å². The molecule has 0 bridgehead atoms. The van der Waals surface area contributed by atoms with Gasteiger partial charge in [-0.05, 0) is 55.6 Å². The molecule has 0 unspecified atom stereocenters. The Kier molecular flexibility index (Phi) is 6.82. The number of amides is 2. The van der Waals surface area contributed by atoms with E-state index in [1.165, 1.54) is 0 Å². The molecular formula is C23H29N3O2. The molecule has 2 aromatic carbocycles. The molecule has 3 rings (SSSR count). The fraction of sp³-hybridized carbons (Fsp3) is 0.391. The van der Waals surface area contributed by atoms with Crippen molar-refractivity contribution in [2.75, 3.05) is 32.0 Å². The van der Waals surface area contributed by atoms with Crippen LogP contribution in [0.5, 0.6) is 0 Å². The van der Waals surface area contributed by atoms with E-state index >= 15 is 0 Å². The van der Waals surface area contributed by atoms with Gasteiger partial charge in [0.15, 0.2) is 0 Å². The van der Waals surface area contributed by atoms with E-state index in [0.717, 1.165) is 37.4 Å². The van der Waals surface area contributed by atoms with E-state index in [4.69, 9.17) is 0 Å². The molecule has 1 aliphatic heterocycles. The lowest BCUT2D eigenvalue weighted by Gasteiger charge is -2.29. The van der Waals surface area contributed by atoms with E-state index in [1.807, 2.05) is 42.5 Å². The molecule has 1 fully saturated rings. The molecule has 0 saturated carbocycles. The van der Waals surface area contributed by atoms with Crippen molar-refractivity contribution in [2.45, 2.75) is 26.3 Å². The molecule has 0 aliphatic carbocycles. The van der Waals surface area contributed by atoms with Gasteiger partial charge in [0.05, 0.1) is 6.54 Å². The van der Waals surface area contributed by atoms with Gasteiger partial charge in [0.25, 0.3) is 5.91 Å². The average Bonchev–Trinajstić information content (AvgIpc) is 2.70. The number of nitrogens with zero attached hydrogens (tertiary/aromatic N) is 2. The lowest BCUT2D eigenvalue weighted by atomic mass is 9.99. The second-order valence-corrected chi connectivity index (χ2v) is 7.73. The topological polar surface area (TPSA) is 52.7 Å². The Hall–Kier alpha value is -2.66. The van der Waals surface area contributed by atoms with Gasteiger partial charge in [-0.1, -0.05) is 43.3 Å². The summed E-state index contributed by atoms with van der Waals surface area (Å²) in [6.45, 7) is 5.14. The summed E-state index contributed by atoms with van der Waals surface area (Å²) in [5.74, 6) is 0.650. The Bertz CT molecular complexity index is 799. The number of rotatable bonds is 6. The molecule has 28 heavy (non-hydrogen) atoms. The number of benzene rings is 2. The standard InChI is InChI=1S/C23H29N3O2/c1-18-11-13-26(14-12-18)17-22(27)24-21-10-6-9-20(15-21)23(28)25(2)16-19-7-4-3-5-8-19/h3-10,15,18H,11-14,16-17H2,1-2H3,(H,24,27). The molecule has 1 saturated heterocycles. The zero-order chi connectivity index (χ0) is 19.9. The highest BCUT2D eigenvalue weighted by atomic mass is 16.2. The molecule has 1 aliphatic rings. The molecule has 0 aromatic heterocycles. The first-order valence-corrected chi connectivity index (χ1v) is 9.93. The first-order chi connectivity index (χ1) is 13.5. The minimum atomic E-state index is -0.0648. The summed E-state index contributed by atoms with van der Waals surface area (Å²) in [6, 6.07) is 17.1. The van der Waals surface area contributed by atoms with Gasteiger partial charge < -0.3 is 10.2 Å². The third-order valence-corrected chi connectivity index (χ3v) is 5.25. The van der Waals surface area contributed by atoms with Crippen molar-refractivity contribution >= 4 is 17.5 Å². The predicted octanol–water partition coefficient (Wildman–Crippen LogP) is 3.63. The Labute approximate surface area is 167 Å². The monoisotopic (exact) mass is 379 g/mol. The molecule has 5 nitrogen and oxygen atoms in total. The largest absolute Gasteiger partial charge is 0.337 e. The Balaban J connectivity index is 1.57. The van der Waals surface area contributed by atoms with Crippen LogP contribution in [0.25, 0.3) is 0 Å². The highest BCUT2D eigenvalue weighted by molar-refractivity contribution is 5.97. The van der Waals surface area contributed by atoms with Gasteiger partial charge in [0, 0.05) is 24.8 Å². The fourth-order valence-electron chi connectivity index (χ4n) is 3.50. The van der Waals surface area contributed by atoms with Crippen LogP contribution >= 0.6 is 0 Å². The quantitative estimate of drug-likeness (QED) is 0.834. The van der Waals surface area contributed by atoms with Crippen molar-refractivity contribution in [1.82, 2.24) is 9.80 Å². The van der Waals surface area contributed by atoms with Crippen LogP contribution in [0.4, 0.5) is 5.69 Å². The van der Waals surface area contributed by atoms with Crippen LogP contribution < -0.4 is 5.32 Å². The second kappa shape index (κ2) is 9.51. The molecular weight excluding hydrogens is 350 g/mol. The molecule has 2 aromatic rings. The maximum absolute atomic E-state index is 12.7. The molecule has 0 atom stereocenters. The van der Waals surface area contributed by atoms with Gasteiger partial charge in [-0.25, -0.2) is 0 Å². The summed E-state index contributed by atoms with van der Waals surface area (Å²) in [5.41, 5.74) is 2.32. The van der Waals surface area contributed by atoms with Crippen LogP contribution in [0.3, 0.4) is 0 Å². The highest BCUT2D eigenvalue weighted by Crippen LogP contribution is 2.17. The van der Waals surface area contributed by atoms with E-state index in [-0.39, 0.29) is 11.8 Å². The van der Waals surface area contributed by atoms with Gasteiger partial charge in [0.2, 0.25) is 5.91 Å². The van der Waals surface area contributed by atoms with Crippen LogP contribution in [-0.2, 0) is 11.3 Å². The lowest BCUT2D eigenvalue weighted by Crippen LogP contribution is -2.38. The molecule has 2 amide bonds. The number of hydrogen-bond donors (Lipinski definition) is 1. The number of nitrogens with one attached hydrogen (secondary N) is 1. The molecule has 148 valence electrons. The van der Waals surface area contributed by atoms with Crippen LogP contribution in [0.2, 0.25) is 0 Å². The predicted molar refractivity (Wildman–Crippen MR) is 112 cm³/mol. The van der Waals surface area contributed by atoms with E-state index in [0.29, 0.717) is 24.3 Å². The number of carbonyl (C=O) groups excluding carboxylic acids is 2. The zero-order valence-corrected chi connectivity index (χ0v) is 16.7. The van der Waals surface area contributed by atoms with E-state index in [9.17, 15) is 9.59 Å². The number of hydrogen-bond acceptors (Lipinski definition) is 3. The summed E-state index contributed by atoms with van der Waals surface area (Å²) in [5, 5.41) is 2.93. The van der Waals surface area contributed by atoms with E-state index < -0.39 is 0 Å². The average molecular weight is 380 g/mol. The zero-order valence-electron chi connectivity index (χ0n) is 16.7. The summed E-state index contributed by atoms with van der Waals surface area (Å²) < 4.78 is 0. The molecule has 5 heteroatoms. The fourth-order valence-corrected chi connectivity index (χ4v) is 3.50. The van der Waals surface area contributed by atoms with Crippen LogP contribution in [0.15, 0.2) is 54.6 Å². The molecule has 1 N–H and O–H groups in total. The van der Waals surface area contributed by atoms with Gasteiger partial charge in [-0.15, -0.1) is 0 Å². The summed E-state index contributed by atoms with van der Waals surface area (Å²) in [7, 11) is 1.79. The van der Waals surface area contributed by atoms with Crippen LogP contribution in [0, 0.1) is 5.92 Å². The number of anilines is 1. The molecule has 0 spiro atoms. The molecule has 0 radical (unpaired) electrons. The lowest BCUT2D eigenvalue weighted by molar-refractivity contribution is -0.117. The van der Waals surface area contributed by atoms with E-state index in [1.54, 1.807) is 24.1 Å². The number of carbonyl (C=O) groups is 2. The number of piperidine rings is 1. The van der Waals surface area contributed by atoms with Crippen molar-refractivity contribution < 1.29 is 9.59 Å². The van der Waals surface area contributed by atoms with Gasteiger partial charge in [-0.2, -0.15) is 0 Å². The maximum Gasteiger partial charge on any atom is 0.253 e. The normalized spacial score (nSPS) is 15.2. The summed E-state index contributed by atoms with van der Waals surface area (Å²) in [6.07, 6.45) is 2.29. The van der Waals surface area contributed by atoms with Crippen molar-refractivity contribution in [1.29, 1.82) is 0 Å². The van der Waals surface area contributed by atoms with Gasteiger partial charge in [0.1, 0.15) is 0 Å². The highest BCUT2D eigenvalue weighted by Gasteiger charge is 2.18. The van der Waals surface area contributed by atoms with Crippen LogP contribution in [-0.4, -0.2) is 48.3 Å². The Morgan fingerprint density at radius 1 is 1.07 bits per heavy atom. The first-order valence-electron chi connectivity index (χ1n) is 9.93. The van der Waals surface area contributed by atoms with Crippen molar-refractivity contribution in [2.24, 2.45) is 5.92 Å². The summed E-state index contributed by atoms with van der Waals surface area (Å²) >= 11 is 0. The summed E-state index contributed by atoms with van der Waals surface area (Å²) in [4.78, 5) is 29.0. The van der Waals surface area contributed by atoms with Crippen LogP contribution in [0.1, 0.15) is 35.7 Å². The van der Waals surface area contributed by atoms with Crippen molar-refractivity contribution in [3.8, 4) is 0 Å². The van der Waals surface area contributed by atoms with Crippen molar-refractivity contribution in [3.63, 3.8) is 0 Å². The SMILES string of the molecule is CC1CCN(CC(=O)Nc2cccc(C(=O)N(C)Cc3ccccc3)c2)CC1. The number of likely N-dealkylation sites (tertiary alicyclic amines) is 1. The second-order valence-electron chi connectivity index (χ2n) is 7.73. The Morgan fingerprint density at radius 2 is 1.79 bits per heavy atom.